The van der Waals surface area contributed by atoms with E-state index >= 15 is 0 Å². The first-order valence-electron chi connectivity index (χ1n) is 7.88. The van der Waals surface area contributed by atoms with E-state index in [4.69, 9.17) is 0 Å². The molecule has 0 aliphatic carbocycles. The molecule has 0 aromatic carbocycles. The molecule has 3 heteroatoms. The maximum absolute atomic E-state index is 4.47. The summed E-state index contributed by atoms with van der Waals surface area (Å²) >= 11 is 0. The van der Waals surface area contributed by atoms with Gasteiger partial charge in [-0.15, -0.1) is 0 Å². The van der Waals surface area contributed by atoms with Crippen LogP contribution in [0.3, 0.4) is 0 Å². The van der Waals surface area contributed by atoms with Crippen molar-refractivity contribution in [3.63, 3.8) is 0 Å². The summed E-state index contributed by atoms with van der Waals surface area (Å²) in [6, 6.07) is 6.14. The second kappa shape index (κ2) is 7.22. The number of hydrogen-bond acceptors (Lipinski definition) is 2. The summed E-state index contributed by atoms with van der Waals surface area (Å²) in [6.45, 7) is 9.15. The van der Waals surface area contributed by atoms with Crippen molar-refractivity contribution in [1.29, 1.82) is 0 Å². The molecule has 0 saturated carbocycles. The van der Waals surface area contributed by atoms with Crippen LogP contribution in [0, 0.1) is 11.3 Å². The molecule has 1 aliphatic rings. The van der Waals surface area contributed by atoms with Crippen molar-refractivity contribution >= 4 is 14.2 Å². The quantitative estimate of drug-likeness (QED) is 0.722. The van der Waals surface area contributed by atoms with E-state index < -0.39 is 0 Å². The lowest BCUT2D eigenvalue weighted by molar-refractivity contribution is 0.413. The van der Waals surface area contributed by atoms with Crippen LogP contribution in [0.2, 0.25) is 0 Å². The molecule has 114 valence electrons. The van der Waals surface area contributed by atoms with Crippen LogP contribution in [0.4, 0.5) is 0 Å². The fraction of sp³-hybridized carbons (Fsp3) is 0.500. The first-order chi connectivity index (χ1) is 10.0. The molecule has 0 N–H and O–H groups in total. The third-order valence-electron chi connectivity index (χ3n) is 3.67. The van der Waals surface area contributed by atoms with E-state index in [1.165, 1.54) is 25.0 Å². The van der Waals surface area contributed by atoms with E-state index in [2.05, 4.69) is 67.8 Å². The Balaban J connectivity index is 2.15. The molecular formula is C18H27N2P. The lowest BCUT2D eigenvalue weighted by atomic mass is 9.87. The average Bonchev–Trinajstić information content (AvgIpc) is 2.46. The van der Waals surface area contributed by atoms with E-state index in [9.17, 15) is 0 Å². The average molecular weight is 302 g/mol. The Bertz CT molecular complexity index is 500. The Labute approximate surface area is 131 Å². The van der Waals surface area contributed by atoms with Crippen molar-refractivity contribution in [3.8, 4) is 0 Å². The van der Waals surface area contributed by atoms with Crippen LogP contribution in [-0.2, 0) is 0 Å². The van der Waals surface area contributed by atoms with Crippen LogP contribution in [0.15, 0.2) is 48.4 Å². The van der Waals surface area contributed by atoms with Gasteiger partial charge in [0.05, 0.1) is 5.44 Å². The highest BCUT2D eigenvalue weighted by Gasteiger charge is 2.25. The number of nitrogens with zero attached hydrogens (tertiary/aromatic N) is 2. The SMILES string of the molecule is CCCCC1C=CN(Pc2ccccn2)C(C(C)(C)C)=C1. The first-order valence-corrected chi connectivity index (χ1v) is 8.83. The predicted octanol–water partition coefficient (Wildman–Crippen LogP) is 4.87. The lowest BCUT2D eigenvalue weighted by Gasteiger charge is -2.36. The Kier molecular flexibility index (Phi) is 5.58. The minimum Gasteiger partial charge on any atom is -0.327 e. The molecule has 0 fully saturated rings. The number of pyridine rings is 1. The van der Waals surface area contributed by atoms with Crippen LogP contribution >= 0.6 is 8.73 Å². The summed E-state index contributed by atoms with van der Waals surface area (Å²) in [5.41, 5.74) is 2.73. The molecule has 0 bridgehead atoms. The van der Waals surface area contributed by atoms with Gasteiger partial charge in [-0.25, -0.2) is 0 Å². The molecule has 0 amide bonds. The van der Waals surface area contributed by atoms with Crippen LogP contribution in [-0.4, -0.2) is 9.65 Å². The van der Waals surface area contributed by atoms with Gasteiger partial charge in [0.2, 0.25) is 0 Å². The zero-order valence-electron chi connectivity index (χ0n) is 13.6. The zero-order valence-corrected chi connectivity index (χ0v) is 14.6. The molecule has 2 rings (SSSR count). The van der Waals surface area contributed by atoms with Gasteiger partial charge in [-0.1, -0.05) is 58.8 Å². The van der Waals surface area contributed by atoms with E-state index in [-0.39, 0.29) is 5.41 Å². The summed E-state index contributed by atoms with van der Waals surface area (Å²) in [5, 5.41) is 0. The molecule has 2 atom stereocenters. The van der Waals surface area contributed by atoms with Crippen LogP contribution in [0.25, 0.3) is 0 Å². The fourth-order valence-corrected chi connectivity index (χ4v) is 3.74. The fourth-order valence-electron chi connectivity index (χ4n) is 2.50. The second-order valence-corrected chi connectivity index (χ2v) is 7.86. The number of aromatic nitrogens is 1. The third-order valence-corrected chi connectivity index (χ3v) is 4.83. The van der Waals surface area contributed by atoms with Gasteiger partial charge in [0.25, 0.3) is 0 Å². The molecule has 0 radical (unpaired) electrons. The molecule has 2 unspecified atom stereocenters. The summed E-state index contributed by atoms with van der Waals surface area (Å²) in [6.07, 6.45) is 12.8. The van der Waals surface area contributed by atoms with Crippen molar-refractivity contribution in [3.05, 3.63) is 48.4 Å². The predicted molar refractivity (Wildman–Crippen MR) is 93.7 cm³/mol. The summed E-state index contributed by atoms with van der Waals surface area (Å²) < 4.78 is 2.38. The molecular weight excluding hydrogens is 275 g/mol. The first kappa shape index (κ1) is 16.2. The maximum atomic E-state index is 4.47. The van der Waals surface area contributed by atoms with Crippen molar-refractivity contribution < 1.29 is 0 Å². The minimum atomic E-state index is 0.164. The van der Waals surface area contributed by atoms with E-state index in [1.54, 1.807) is 0 Å². The van der Waals surface area contributed by atoms with Gasteiger partial charge in [-0.05, 0) is 24.5 Å². The van der Waals surface area contributed by atoms with Crippen molar-refractivity contribution in [1.82, 2.24) is 9.65 Å². The Morgan fingerprint density at radius 1 is 1.29 bits per heavy atom. The van der Waals surface area contributed by atoms with E-state index in [0.29, 0.717) is 14.6 Å². The van der Waals surface area contributed by atoms with E-state index in [0.717, 1.165) is 5.44 Å². The Morgan fingerprint density at radius 2 is 2.10 bits per heavy atom. The molecule has 0 saturated heterocycles. The van der Waals surface area contributed by atoms with Gasteiger partial charge in [-0.3, -0.25) is 4.98 Å². The summed E-state index contributed by atoms with van der Waals surface area (Å²) in [4.78, 5) is 4.47. The van der Waals surface area contributed by atoms with Gasteiger partial charge in [0, 0.05) is 32.2 Å². The van der Waals surface area contributed by atoms with Crippen LogP contribution < -0.4 is 5.44 Å². The third kappa shape index (κ3) is 4.68. The van der Waals surface area contributed by atoms with Gasteiger partial charge in [0.1, 0.15) is 0 Å². The van der Waals surface area contributed by atoms with Crippen molar-refractivity contribution in [2.24, 2.45) is 11.3 Å². The van der Waals surface area contributed by atoms with Crippen LogP contribution in [0.1, 0.15) is 47.0 Å². The monoisotopic (exact) mass is 302 g/mol. The summed E-state index contributed by atoms with van der Waals surface area (Å²) in [7, 11) is 0.567. The van der Waals surface area contributed by atoms with Crippen molar-refractivity contribution in [2.45, 2.75) is 47.0 Å². The summed E-state index contributed by atoms with van der Waals surface area (Å²) in [5.74, 6) is 0.587. The van der Waals surface area contributed by atoms with Crippen LogP contribution in [0.5, 0.6) is 0 Å². The number of rotatable bonds is 5. The second-order valence-electron chi connectivity index (χ2n) is 6.65. The molecule has 1 aromatic heterocycles. The molecule has 2 nitrogen and oxygen atoms in total. The molecule has 1 aliphatic heterocycles. The van der Waals surface area contributed by atoms with Gasteiger partial charge in [-0.2, -0.15) is 0 Å². The topological polar surface area (TPSA) is 16.1 Å². The van der Waals surface area contributed by atoms with Gasteiger partial charge in [0.15, 0.2) is 0 Å². The largest absolute Gasteiger partial charge is 0.327 e. The van der Waals surface area contributed by atoms with Crippen molar-refractivity contribution in [2.75, 3.05) is 0 Å². The highest BCUT2D eigenvalue weighted by atomic mass is 31.1. The Hall–Kier alpha value is -1.14. The standard InChI is InChI=1S/C18H27N2P/c1-5-6-9-15-11-13-20(16(14-15)18(2,3)4)21-17-10-7-8-12-19-17/h7-8,10-15,21H,5-6,9H2,1-4H3. The number of unbranched alkanes of at least 4 members (excludes halogenated alkanes) is 1. The van der Waals surface area contributed by atoms with Gasteiger partial charge >= 0.3 is 0 Å². The smallest absolute Gasteiger partial charge is 0.0810 e. The molecule has 21 heavy (non-hydrogen) atoms. The normalized spacial score (nSPS) is 19.3. The highest BCUT2D eigenvalue weighted by molar-refractivity contribution is 7.44. The number of hydrogen-bond donors (Lipinski definition) is 0. The zero-order chi connectivity index (χ0) is 15.3. The molecule has 0 spiro atoms. The molecule has 1 aromatic rings. The minimum absolute atomic E-state index is 0.164. The van der Waals surface area contributed by atoms with E-state index in [1.807, 2.05) is 12.3 Å². The number of allylic oxidation sites excluding steroid dienone is 3. The lowest BCUT2D eigenvalue weighted by Crippen LogP contribution is -2.26. The maximum Gasteiger partial charge on any atom is 0.0810 e. The highest BCUT2D eigenvalue weighted by Crippen LogP contribution is 2.39. The van der Waals surface area contributed by atoms with Gasteiger partial charge < -0.3 is 4.67 Å². The Morgan fingerprint density at radius 3 is 2.71 bits per heavy atom. The molecule has 2 heterocycles.